The molecular formula is C13H19F3N2S. The molecule has 6 heteroatoms. The molecule has 3 N–H and O–H groups in total. The number of alkyl halides is 3. The SMILES string of the molecule is CCCSCC(NN)c1ccc(C(F)(F)F)cc1C. The van der Waals surface area contributed by atoms with E-state index in [1.54, 1.807) is 18.7 Å². The zero-order valence-electron chi connectivity index (χ0n) is 11.1. The number of halogens is 3. The fraction of sp³-hybridized carbons (Fsp3) is 0.538. The summed E-state index contributed by atoms with van der Waals surface area (Å²) in [6.07, 6.45) is -3.24. The standard InChI is InChI=1S/C13H19F3N2S/c1-3-6-19-8-12(18-17)11-5-4-10(7-9(11)2)13(14,15)16/h4-5,7,12,18H,3,6,8,17H2,1-2H3. The summed E-state index contributed by atoms with van der Waals surface area (Å²) in [5.74, 6) is 7.25. The van der Waals surface area contributed by atoms with Crippen LogP contribution in [0.15, 0.2) is 18.2 Å². The third kappa shape index (κ3) is 4.71. The van der Waals surface area contributed by atoms with Crippen molar-refractivity contribution in [2.75, 3.05) is 11.5 Å². The molecule has 19 heavy (non-hydrogen) atoms. The third-order valence-corrected chi connectivity index (χ3v) is 4.07. The maximum absolute atomic E-state index is 12.6. The lowest BCUT2D eigenvalue weighted by Crippen LogP contribution is -2.30. The Kier molecular flexibility index (Phi) is 6.16. The Hall–Kier alpha value is -0.720. The second-order valence-electron chi connectivity index (χ2n) is 4.36. The highest BCUT2D eigenvalue weighted by atomic mass is 32.2. The third-order valence-electron chi connectivity index (χ3n) is 2.81. The molecule has 0 saturated heterocycles. The van der Waals surface area contributed by atoms with Gasteiger partial charge in [0.1, 0.15) is 0 Å². The summed E-state index contributed by atoms with van der Waals surface area (Å²) in [7, 11) is 0. The lowest BCUT2D eigenvalue weighted by Gasteiger charge is -2.19. The van der Waals surface area contributed by atoms with E-state index in [1.165, 1.54) is 12.1 Å². The van der Waals surface area contributed by atoms with E-state index in [0.29, 0.717) is 5.56 Å². The van der Waals surface area contributed by atoms with Crippen molar-refractivity contribution >= 4 is 11.8 Å². The maximum atomic E-state index is 12.6. The van der Waals surface area contributed by atoms with E-state index in [4.69, 9.17) is 5.84 Å². The van der Waals surface area contributed by atoms with Crippen molar-refractivity contribution in [3.63, 3.8) is 0 Å². The first-order valence-corrected chi connectivity index (χ1v) is 7.27. The zero-order valence-corrected chi connectivity index (χ0v) is 11.9. The second kappa shape index (κ2) is 7.17. The molecule has 1 aromatic rings. The first-order valence-electron chi connectivity index (χ1n) is 6.11. The van der Waals surface area contributed by atoms with Gasteiger partial charge in [-0.1, -0.05) is 13.0 Å². The minimum atomic E-state index is -4.30. The summed E-state index contributed by atoms with van der Waals surface area (Å²) in [5, 5.41) is 0. The average Bonchev–Trinajstić information content (AvgIpc) is 2.34. The predicted molar refractivity (Wildman–Crippen MR) is 73.9 cm³/mol. The summed E-state index contributed by atoms with van der Waals surface area (Å²) in [5.41, 5.74) is 3.48. The van der Waals surface area contributed by atoms with Gasteiger partial charge in [-0.05, 0) is 42.4 Å². The molecule has 0 amide bonds. The van der Waals surface area contributed by atoms with E-state index in [0.717, 1.165) is 29.6 Å². The highest BCUT2D eigenvalue weighted by Crippen LogP contribution is 2.32. The van der Waals surface area contributed by atoms with Crippen LogP contribution in [0.25, 0.3) is 0 Å². The number of thioether (sulfide) groups is 1. The van der Waals surface area contributed by atoms with Crippen LogP contribution in [0.4, 0.5) is 13.2 Å². The van der Waals surface area contributed by atoms with Gasteiger partial charge in [0.25, 0.3) is 0 Å². The zero-order chi connectivity index (χ0) is 14.5. The Morgan fingerprint density at radius 2 is 2.05 bits per heavy atom. The Labute approximate surface area is 115 Å². The van der Waals surface area contributed by atoms with Crippen LogP contribution in [-0.4, -0.2) is 11.5 Å². The summed E-state index contributed by atoms with van der Waals surface area (Å²) in [6.45, 7) is 3.76. The largest absolute Gasteiger partial charge is 0.416 e. The van der Waals surface area contributed by atoms with E-state index >= 15 is 0 Å². The Morgan fingerprint density at radius 1 is 1.37 bits per heavy atom. The normalized spacial score (nSPS) is 13.6. The summed E-state index contributed by atoms with van der Waals surface area (Å²) >= 11 is 1.73. The van der Waals surface area contributed by atoms with E-state index in [1.807, 2.05) is 0 Å². The number of rotatable bonds is 6. The van der Waals surface area contributed by atoms with Gasteiger partial charge in [0.05, 0.1) is 11.6 Å². The number of nitrogens with two attached hydrogens (primary N) is 1. The van der Waals surface area contributed by atoms with Crippen LogP contribution >= 0.6 is 11.8 Å². The van der Waals surface area contributed by atoms with E-state index in [9.17, 15) is 13.2 Å². The number of hydrogen-bond donors (Lipinski definition) is 2. The lowest BCUT2D eigenvalue weighted by molar-refractivity contribution is -0.137. The summed E-state index contributed by atoms with van der Waals surface area (Å²) in [4.78, 5) is 0. The Bertz CT molecular complexity index is 407. The molecule has 0 spiro atoms. The van der Waals surface area contributed by atoms with Gasteiger partial charge in [0, 0.05) is 5.75 Å². The van der Waals surface area contributed by atoms with Crippen LogP contribution in [0.1, 0.15) is 36.1 Å². The van der Waals surface area contributed by atoms with Crippen LogP contribution in [0.3, 0.4) is 0 Å². The smallest absolute Gasteiger partial charge is 0.271 e. The monoisotopic (exact) mass is 292 g/mol. The molecule has 0 aliphatic heterocycles. The molecular weight excluding hydrogens is 273 g/mol. The number of aryl methyl sites for hydroxylation is 1. The molecule has 0 fully saturated rings. The van der Waals surface area contributed by atoms with Gasteiger partial charge >= 0.3 is 6.18 Å². The topological polar surface area (TPSA) is 38.0 Å². The molecule has 0 aromatic heterocycles. The molecule has 0 aliphatic rings. The van der Waals surface area contributed by atoms with Gasteiger partial charge in [-0.2, -0.15) is 24.9 Å². The number of benzene rings is 1. The first-order chi connectivity index (χ1) is 8.90. The van der Waals surface area contributed by atoms with Crippen LogP contribution in [0, 0.1) is 6.92 Å². The van der Waals surface area contributed by atoms with Crippen LogP contribution in [-0.2, 0) is 6.18 Å². The van der Waals surface area contributed by atoms with Gasteiger partial charge in [-0.3, -0.25) is 11.3 Å². The lowest BCUT2D eigenvalue weighted by atomic mass is 10.00. The van der Waals surface area contributed by atoms with Crippen molar-refractivity contribution in [1.82, 2.24) is 5.43 Å². The predicted octanol–water partition coefficient (Wildman–Crippen LogP) is 3.66. The van der Waals surface area contributed by atoms with E-state index in [2.05, 4.69) is 12.3 Å². The quantitative estimate of drug-likeness (QED) is 0.477. The van der Waals surface area contributed by atoms with Gasteiger partial charge in [0.15, 0.2) is 0 Å². The van der Waals surface area contributed by atoms with Crippen molar-refractivity contribution in [3.8, 4) is 0 Å². The average molecular weight is 292 g/mol. The summed E-state index contributed by atoms with van der Waals surface area (Å²) < 4.78 is 37.8. The van der Waals surface area contributed by atoms with Crippen molar-refractivity contribution in [3.05, 3.63) is 34.9 Å². The van der Waals surface area contributed by atoms with Gasteiger partial charge in [-0.15, -0.1) is 0 Å². The van der Waals surface area contributed by atoms with Crippen molar-refractivity contribution in [2.24, 2.45) is 5.84 Å². The maximum Gasteiger partial charge on any atom is 0.416 e. The van der Waals surface area contributed by atoms with E-state index in [-0.39, 0.29) is 6.04 Å². The Balaban J connectivity index is 2.87. The fourth-order valence-corrected chi connectivity index (χ4v) is 2.78. The summed E-state index contributed by atoms with van der Waals surface area (Å²) in [6, 6.07) is 3.66. The van der Waals surface area contributed by atoms with Crippen molar-refractivity contribution < 1.29 is 13.2 Å². The van der Waals surface area contributed by atoms with Crippen LogP contribution < -0.4 is 11.3 Å². The molecule has 2 nitrogen and oxygen atoms in total. The minimum absolute atomic E-state index is 0.126. The first kappa shape index (κ1) is 16.3. The molecule has 0 bridgehead atoms. The van der Waals surface area contributed by atoms with E-state index < -0.39 is 11.7 Å². The number of hydrogen-bond acceptors (Lipinski definition) is 3. The highest BCUT2D eigenvalue weighted by Gasteiger charge is 2.31. The Morgan fingerprint density at radius 3 is 2.53 bits per heavy atom. The molecule has 1 atom stereocenters. The molecule has 1 rings (SSSR count). The molecule has 0 radical (unpaired) electrons. The molecule has 1 unspecified atom stereocenters. The number of nitrogens with one attached hydrogen (secondary N) is 1. The van der Waals surface area contributed by atoms with Crippen LogP contribution in [0.5, 0.6) is 0 Å². The van der Waals surface area contributed by atoms with Crippen LogP contribution in [0.2, 0.25) is 0 Å². The number of hydrazine groups is 1. The van der Waals surface area contributed by atoms with Gasteiger partial charge in [0.2, 0.25) is 0 Å². The molecule has 1 aromatic carbocycles. The fourth-order valence-electron chi connectivity index (χ4n) is 1.82. The minimum Gasteiger partial charge on any atom is -0.271 e. The second-order valence-corrected chi connectivity index (χ2v) is 5.51. The van der Waals surface area contributed by atoms with Gasteiger partial charge in [-0.25, -0.2) is 0 Å². The molecule has 0 heterocycles. The highest BCUT2D eigenvalue weighted by molar-refractivity contribution is 7.99. The molecule has 108 valence electrons. The molecule has 0 saturated carbocycles. The van der Waals surface area contributed by atoms with Crippen molar-refractivity contribution in [2.45, 2.75) is 32.5 Å². The molecule has 0 aliphatic carbocycles. The van der Waals surface area contributed by atoms with Gasteiger partial charge < -0.3 is 0 Å². The van der Waals surface area contributed by atoms with Crippen molar-refractivity contribution in [1.29, 1.82) is 0 Å².